The van der Waals surface area contributed by atoms with Gasteiger partial charge in [-0.15, -0.1) is 0 Å². The van der Waals surface area contributed by atoms with Crippen LogP contribution in [0.15, 0.2) is 59.3 Å². The van der Waals surface area contributed by atoms with Crippen molar-refractivity contribution in [3.8, 4) is 0 Å². The zero-order valence-electron chi connectivity index (χ0n) is 13.2. The summed E-state index contributed by atoms with van der Waals surface area (Å²) < 4.78 is 0. The molecule has 0 radical (unpaired) electrons. The highest BCUT2D eigenvalue weighted by Gasteiger charge is 2.49. The summed E-state index contributed by atoms with van der Waals surface area (Å²) in [6.45, 7) is 2.03. The van der Waals surface area contributed by atoms with Crippen molar-refractivity contribution in [1.29, 1.82) is 0 Å². The first-order valence-electron chi connectivity index (χ1n) is 7.73. The predicted molar refractivity (Wildman–Crippen MR) is 94.7 cm³/mol. The molecular weight excluding hydrogens is 320 g/mol. The van der Waals surface area contributed by atoms with Gasteiger partial charge in [0.1, 0.15) is 5.54 Å². The van der Waals surface area contributed by atoms with Crippen molar-refractivity contribution in [3.63, 3.8) is 0 Å². The maximum absolute atomic E-state index is 12.9. The summed E-state index contributed by atoms with van der Waals surface area (Å²) in [5, 5.41) is 8.82. The number of benzene rings is 2. The van der Waals surface area contributed by atoms with Crippen LogP contribution in [0.2, 0.25) is 0 Å². The molecule has 5 heteroatoms. The number of hydrogen-bond acceptors (Lipinski definition) is 3. The zero-order valence-corrected chi connectivity index (χ0v) is 14.0. The Morgan fingerprint density at radius 1 is 1.08 bits per heavy atom. The van der Waals surface area contributed by atoms with E-state index in [2.05, 4.69) is 5.32 Å². The van der Waals surface area contributed by atoms with Crippen LogP contribution >= 0.6 is 11.3 Å². The van der Waals surface area contributed by atoms with Crippen LogP contribution in [0.5, 0.6) is 0 Å². The Kier molecular flexibility index (Phi) is 3.39. The number of fused-ring (bicyclic) bond motifs is 1. The molecule has 1 aliphatic rings. The molecule has 24 heavy (non-hydrogen) atoms. The number of nitrogens with one attached hydrogen (secondary N) is 1. The highest BCUT2D eigenvalue weighted by Crippen LogP contribution is 2.31. The summed E-state index contributed by atoms with van der Waals surface area (Å²) in [4.78, 5) is 26.7. The van der Waals surface area contributed by atoms with E-state index in [0.29, 0.717) is 0 Å². The van der Waals surface area contributed by atoms with Crippen molar-refractivity contribution in [2.45, 2.75) is 19.0 Å². The highest BCUT2D eigenvalue weighted by molar-refractivity contribution is 7.08. The minimum atomic E-state index is -0.984. The fraction of sp³-hybridized carbons (Fsp3) is 0.158. The molecule has 0 spiro atoms. The molecule has 1 aromatic heterocycles. The molecule has 0 aliphatic carbocycles. The van der Waals surface area contributed by atoms with Gasteiger partial charge >= 0.3 is 6.03 Å². The molecule has 2 aromatic carbocycles. The Hall–Kier alpha value is -2.66. The highest BCUT2D eigenvalue weighted by atomic mass is 32.1. The summed E-state index contributed by atoms with van der Waals surface area (Å²) in [7, 11) is 0. The average molecular weight is 336 g/mol. The molecule has 1 saturated heterocycles. The van der Waals surface area contributed by atoms with Crippen molar-refractivity contribution in [1.82, 2.24) is 10.2 Å². The van der Waals surface area contributed by atoms with Gasteiger partial charge in [0, 0.05) is 0 Å². The van der Waals surface area contributed by atoms with Gasteiger partial charge in [-0.2, -0.15) is 11.3 Å². The van der Waals surface area contributed by atoms with E-state index in [1.165, 1.54) is 16.2 Å². The molecule has 120 valence electrons. The molecule has 3 aromatic rings. The van der Waals surface area contributed by atoms with Gasteiger partial charge in [0.05, 0.1) is 6.54 Å². The lowest BCUT2D eigenvalue weighted by molar-refractivity contribution is -0.131. The molecule has 1 fully saturated rings. The second kappa shape index (κ2) is 5.46. The molecule has 2 heterocycles. The van der Waals surface area contributed by atoms with Crippen LogP contribution in [0.1, 0.15) is 18.1 Å². The van der Waals surface area contributed by atoms with Gasteiger partial charge in [0.25, 0.3) is 5.91 Å². The Bertz CT molecular complexity index is 930. The van der Waals surface area contributed by atoms with E-state index < -0.39 is 5.54 Å². The van der Waals surface area contributed by atoms with E-state index in [1.807, 2.05) is 59.3 Å². The monoisotopic (exact) mass is 336 g/mol. The van der Waals surface area contributed by atoms with Crippen molar-refractivity contribution in [2.24, 2.45) is 0 Å². The molecule has 3 amide bonds. The van der Waals surface area contributed by atoms with Crippen LogP contribution < -0.4 is 5.32 Å². The first-order valence-corrected chi connectivity index (χ1v) is 8.67. The molecule has 1 atom stereocenters. The van der Waals surface area contributed by atoms with Gasteiger partial charge in [0.2, 0.25) is 0 Å². The number of imide groups is 1. The number of nitrogens with zero attached hydrogens (tertiary/aromatic N) is 1. The van der Waals surface area contributed by atoms with Gasteiger partial charge in [-0.3, -0.25) is 9.69 Å². The van der Waals surface area contributed by atoms with Crippen LogP contribution in [0.3, 0.4) is 0 Å². The Morgan fingerprint density at radius 2 is 1.88 bits per heavy atom. The quantitative estimate of drug-likeness (QED) is 0.738. The van der Waals surface area contributed by atoms with Crippen molar-refractivity contribution in [3.05, 3.63) is 70.4 Å². The Labute approximate surface area is 143 Å². The molecule has 4 rings (SSSR count). The van der Waals surface area contributed by atoms with Crippen LogP contribution in [0.4, 0.5) is 4.79 Å². The van der Waals surface area contributed by atoms with Crippen molar-refractivity contribution in [2.75, 3.05) is 0 Å². The third kappa shape index (κ3) is 2.20. The third-order valence-electron chi connectivity index (χ3n) is 4.58. The Morgan fingerprint density at radius 3 is 2.67 bits per heavy atom. The van der Waals surface area contributed by atoms with Crippen molar-refractivity contribution < 1.29 is 9.59 Å². The Balaban J connectivity index is 1.70. The van der Waals surface area contributed by atoms with E-state index >= 15 is 0 Å². The summed E-state index contributed by atoms with van der Waals surface area (Å²) >= 11 is 1.51. The minimum Gasteiger partial charge on any atom is -0.319 e. The first-order chi connectivity index (χ1) is 11.6. The fourth-order valence-corrected chi connectivity index (χ4v) is 3.95. The van der Waals surface area contributed by atoms with Crippen LogP contribution in [0.25, 0.3) is 10.8 Å². The van der Waals surface area contributed by atoms with E-state index in [9.17, 15) is 9.59 Å². The summed E-state index contributed by atoms with van der Waals surface area (Å²) in [5.41, 5.74) is 0.805. The molecule has 0 saturated carbocycles. The van der Waals surface area contributed by atoms with E-state index in [0.717, 1.165) is 21.9 Å². The van der Waals surface area contributed by atoms with Gasteiger partial charge < -0.3 is 5.32 Å². The largest absolute Gasteiger partial charge is 0.325 e. The van der Waals surface area contributed by atoms with E-state index in [4.69, 9.17) is 0 Å². The number of thiophene rings is 1. The van der Waals surface area contributed by atoms with Gasteiger partial charge in [-0.25, -0.2) is 4.79 Å². The predicted octanol–water partition coefficient (Wildman–Crippen LogP) is 3.87. The lowest BCUT2D eigenvalue weighted by Gasteiger charge is -2.21. The topological polar surface area (TPSA) is 49.4 Å². The molecule has 1 aliphatic heterocycles. The van der Waals surface area contributed by atoms with E-state index in [1.54, 1.807) is 6.92 Å². The maximum Gasteiger partial charge on any atom is 0.325 e. The molecular formula is C19H16N2O2S. The van der Waals surface area contributed by atoms with Gasteiger partial charge in [-0.05, 0) is 45.6 Å². The second-order valence-electron chi connectivity index (χ2n) is 6.10. The molecule has 0 bridgehead atoms. The van der Waals surface area contributed by atoms with Crippen LogP contribution in [-0.2, 0) is 16.9 Å². The number of amides is 3. The van der Waals surface area contributed by atoms with Gasteiger partial charge in [0.15, 0.2) is 0 Å². The van der Waals surface area contributed by atoms with E-state index in [-0.39, 0.29) is 18.5 Å². The number of carbonyl (C=O) groups is 2. The number of carbonyl (C=O) groups excluding carboxylic acids is 2. The van der Waals surface area contributed by atoms with Crippen LogP contribution in [-0.4, -0.2) is 16.8 Å². The third-order valence-corrected chi connectivity index (χ3v) is 5.27. The average Bonchev–Trinajstić information content (AvgIpc) is 3.20. The van der Waals surface area contributed by atoms with Gasteiger partial charge in [-0.1, -0.05) is 42.5 Å². The lowest BCUT2D eigenvalue weighted by Crippen LogP contribution is -2.40. The summed E-state index contributed by atoms with van der Waals surface area (Å²) in [6.07, 6.45) is 0. The first kappa shape index (κ1) is 14.9. The standard InChI is InChI=1S/C19H16N2O2S/c1-19(15-9-10-24-12-15)17(22)21(18(23)20-19)11-14-7-4-6-13-5-2-3-8-16(13)14/h2-10,12H,11H2,1H3,(H,20,23). The SMILES string of the molecule is CC1(c2ccsc2)NC(=O)N(Cc2cccc3ccccc23)C1=O. The number of hydrogen-bond donors (Lipinski definition) is 1. The van der Waals surface area contributed by atoms with Crippen LogP contribution in [0, 0.1) is 0 Å². The normalized spacial score (nSPS) is 20.6. The fourth-order valence-electron chi connectivity index (χ4n) is 3.19. The molecule has 4 nitrogen and oxygen atoms in total. The molecule has 1 N–H and O–H groups in total. The maximum atomic E-state index is 12.9. The number of rotatable bonds is 3. The smallest absolute Gasteiger partial charge is 0.319 e. The molecule has 1 unspecified atom stereocenters. The number of urea groups is 1. The second-order valence-corrected chi connectivity index (χ2v) is 6.88. The zero-order chi connectivity index (χ0) is 16.7. The minimum absolute atomic E-state index is 0.209. The summed E-state index contributed by atoms with van der Waals surface area (Å²) in [5.74, 6) is -0.209. The van der Waals surface area contributed by atoms with Crippen molar-refractivity contribution >= 4 is 34.0 Å². The summed E-state index contributed by atoms with van der Waals surface area (Å²) in [6, 6.07) is 15.5. The lowest BCUT2D eigenvalue weighted by atomic mass is 9.94.